The van der Waals surface area contributed by atoms with Gasteiger partial charge in [-0.1, -0.05) is 35.6 Å². The van der Waals surface area contributed by atoms with Crippen LogP contribution in [0.25, 0.3) is 15.3 Å². The van der Waals surface area contributed by atoms with Gasteiger partial charge in [-0.25, -0.2) is 4.98 Å². The van der Waals surface area contributed by atoms with Crippen molar-refractivity contribution in [3.05, 3.63) is 59.3 Å². The quantitative estimate of drug-likeness (QED) is 0.408. The van der Waals surface area contributed by atoms with Crippen molar-refractivity contribution in [2.45, 2.75) is 51.0 Å². The second kappa shape index (κ2) is 8.43. The van der Waals surface area contributed by atoms with Gasteiger partial charge in [0.2, 0.25) is 11.0 Å². The van der Waals surface area contributed by atoms with Gasteiger partial charge in [-0.05, 0) is 50.8 Å². The molecule has 0 bridgehead atoms. The van der Waals surface area contributed by atoms with Crippen LogP contribution in [0.4, 0.5) is 5.82 Å². The first-order valence-electron chi connectivity index (χ1n) is 11.7. The Morgan fingerprint density at radius 3 is 2.74 bits per heavy atom. The van der Waals surface area contributed by atoms with E-state index in [1.165, 1.54) is 12.8 Å². The normalized spacial score (nSPS) is 18.2. The molecule has 1 N–H and O–H groups in total. The summed E-state index contributed by atoms with van der Waals surface area (Å²) in [5.74, 6) is 1.91. The smallest absolute Gasteiger partial charge is 0.226 e. The molecule has 1 aliphatic carbocycles. The molecule has 7 nitrogen and oxygen atoms in total. The highest BCUT2D eigenvalue weighted by Gasteiger charge is 2.36. The fourth-order valence-electron chi connectivity index (χ4n) is 5.17. The van der Waals surface area contributed by atoms with Gasteiger partial charge in [0.05, 0.1) is 29.1 Å². The Labute approximate surface area is 201 Å². The number of hydrogen-bond donors (Lipinski definition) is 1. The summed E-state index contributed by atoms with van der Waals surface area (Å²) >= 11 is 1.56. The van der Waals surface area contributed by atoms with E-state index in [1.54, 1.807) is 23.1 Å². The van der Waals surface area contributed by atoms with Gasteiger partial charge in [-0.2, -0.15) is 9.78 Å². The number of aromatic nitrogens is 3. The third-order valence-electron chi connectivity index (χ3n) is 6.76. The zero-order chi connectivity index (χ0) is 23.2. The molecule has 0 radical (unpaired) electrons. The lowest BCUT2D eigenvalue weighted by molar-refractivity contribution is -0.116. The Balaban J connectivity index is 1.48. The van der Waals surface area contributed by atoms with E-state index in [2.05, 4.69) is 5.32 Å². The zero-order valence-electron chi connectivity index (χ0n) is 19.2. The molecule has 6 rings (SSSR count). The molecular weight excluding hydrogens is 448 g/mol. The number of thiazole rings is 1. The van der Waals surface area contributed by atoms with E-state index in [4.69, 9.17) is 19.6 Å². The summed E-state index contributed by atoms with van der Waals surface area (Å²) in [7, 11) is 1.66. The largest absolute Gasteiger partial charge is 0.493 e. The van der Waals surface area contributed by atoms with E-state index in [-0.39, 0.29) is 17.9 Å². The van der Waals surface area contributed by atoms with E-state index >= 15 is 0 Å². The fourth-order valence-corrected chi connectivity index (χ4v) is 6.09. The van der Waals surface area contributed by atoms with E-state index in [0.29, 0.717) is 18.0 Å². The van der Waals surface area contributed by atoms with E-state index < -0.39 is 0 Å². The summed E-state index contributed by atoms with van der Waals surface area (Å²) in [5, 5.41) is 8.63. The first-order chi connectivity index (χ1) is 16.6. The molecule has 34 heavy (non-hydrogen) atoms. The molecule has 1 amide bonds. The molecule has 2 aromatic carbocycles. The first-order valence-corrected chi connectivity index (χ1v) is 12.5. The third-order valence-corrected chi connectivity index (χ3v) is 7.77. The summed E-state index contributed by atoms with van der Waals surface area (Å²) in [4.78, 5) is 17.7. The van der Waals surface area contributed by atoms with Gasteiger partial charge >= 0.3 is 0 Å². The molecule has 2 aromatic heterocycles. The molecule has 1 atom stereocenters. The van der Waals surface area contributed by atoms with Crippen molar-refractivity contribution in [3.8, 4) is 16.6 Å². The highest BCUT2D eigenvalue weighted by Crippen LogP contribution is 2.47. The zero-order valence-corrected chi connectivity index (χ0v) is 20.0. The summed E-state index contributed by atoms with van der Waals surface area (Å²) in [6.07, 6.45) is 4.95. The summed E-state index contributed by atoms with van der Waals surface area (Å²) in [6.45, 7) is 1.99. The van der Waals surface area contributed by atoms with Crippen molar-refractivity contribution < 1.29 is 14.3 Å². The topological polar surface area (TPSA) is 78.3 Å². The van der Waals surface area contributed by atoms with Crippen molar-refractivity contribution >= 4 is 33.3 Å². The molecule has 0 unspecified atom stereocenters. The van der Waals surface area contributed by atoms with Crippen molar-refractivity contribution in [3.63, 3.8) is 0 Å². The van der Waals surface area contributed by atoms with Crippen LogP contribution in [0.3, 0.4) is 0 Å². The molecule has 0 spiro atoms. The number of benzene rings is 2. The monoisotopic (exact) mass is 474 g/mol. The SMILES string of the molecule is COc1cccc([C@@H]2CC(=O)Nc3c2c(C)nn3-c2nc3ccccc3s2)c1OC1CCCC1. The van der Waals surface area contributed by atoms with Crippen molar-refractivity contribution in [2.24, 2.45) is 0 Å². The molecule has 4 aromatic rings. The average Bonchev–Trinajstić information content (AvgIpc) is 3.57. The number of nitrogens with one attached hydrogen (secondary N) is 1. The second-order valence-corrected chi connectivity index (χ2v) is 9.94. The number of ether oxygens (including phenoxy) is 2. The molecular formula is C26H26N4O3S. The maximum atomic E-state index is 12.9. The number of para-hydroxylation sites is 2. The van der Waals surface area contributed by atoms with Gasteiger partial charge in [0.1, 0.15) is 5.82 Å². The number of nitrogens with zero attached hydrogens (tertiary/aromatic N) is 3. The van der Waals surface area contributed by atoms with Crippen LogP contribution < -0.4 is 14.8 Å². The van der Waals surface area contributed by atoms with Gasteiger partial charge in [-0.15, -0.1) is 0 Å². The summed E-state index contributed by atoms with van der Waals surface area (Å²) in [6, 6.07) is 14.0. The highest BCUT2D eigenvalue weighted by molar-refractivity contribution is 7.20. The number of aryl methyl sites for hydroxylation is 1. The van der Waals surface area contributed by atoms with Crippen LogP contribution in [0.2, 0.25) is 0 Å². The number of rotatable bonds is 5. The molecule has 8 heteroatoms. The van der Waals surface area contributed by atoms with Crippen LogP contribution >= 0.6 is 11.3 Å². The molecule has 174 valence electrons. The maximum Gasteiger partial charge on any atom is 0.226 e. The number of anilines is 1. The third kappa shape index (κ3) is 3.53. The number of carbonyl (C=O) groups is 1. The van der Waals surface area contributed by atoms with Gasteiger partial charge in [0, 0.05) is 23.5 Å². The van der Waals surface area contributed by atoms with Crippen LogP contribution in [-0.2, 0) is 4.79 Å². The lowest BCUT2D eigenvalue weighted by Crippen LogP contribution is -2.25. The Morgan fingerprint density at radius 2 is 1.94 bits per heavy atom. The van der Waals surface area contributed by atoms with Crippen LogP contribution in [-0.4, -0.2) is 33.9 Å². The Bertz CT molecular complexity index is 1350. The minimum atomic E-state index is -0.182. The van der Waals surface area contributed by atoms with Crippen LogP contribution in [0.1, 0.15) is 54.8 Å². The van der Waals surface area contributed by atoms with E-state index in [0.717, 1.165) is 50.8 Å². The molecule has 1 saturated carbocycles. The Kier molecular flexibility index (Phi) is 5.25. The van der Waals surface area contributed by atoms with E-state index in [1.807, 2.05) is 49.4 Å². The first kappa shape index (κ1) is 21.2. The van der Waals surface area contributed by atoms with Gasteiger partial charge in [0.15, 0.2) is 11.5 Å². The minimum absolute atomic E-state index is 0.0469. The minimum Gasteiger partial charge on any atom is -0.493 e. The fraction of sp³-hybridized carbons (Fsp3) is 0.346. The van der Waals surface area contributed by atoms with Gasteiger partial charge < -0.3 is 14.8 Å². The standard InChI is InChI=1S/C26H26N4O3S/c1-15-23-18(17-10-7-12-20(32-2)24(17)33-16-8-3-4-9-16)14-22(31)28-25(23)30(29-15)26-27-19-11-5-6-13-21(19)34-26/h5-7,10-13,16,18H,3-4,8-9,14H2,1-2H3,(H,28,31)/t18-/m0/s1. The summed E-state index contributed by atoms with van der Waals surface area (Å²) < 4.78 is 15.1. The lowest BCUT2D eigenvalue weighted by Gasteiger charge is -2.27. The summed E-state index contributed by atoms with van der Waals surface area (Å²) in [5.41, 5.74) is 3.76. The highest BCUT2D eigenvalue weighted by atomic mass is 32.1. The second-order valence-electron chi connectivity index (χ2n) is 8.93. The average molecular weight is 475 g/mol. The number of hydrogen-bond acceptors (Lipinski definition) is 6. The van der Waals surface area contributed by atoms with Gasteiger partial charge in [0.25, 0.3) is 0 Å². The molecule has 1 aliphatic heterocycles. The number of carbonyl (C=O) groups excluding carboxylic acids is 1. The van der Waals surface area contributed by atoms with E-state index in [9.17, 15) is 4.79 Å². The molecule has 1 fully saturated rings. The number of amides is 1. The van der Waals surface area contributed by atoms with Gasteiger partial charge in [-0.3, -0.25) is 4.79 Å². The van der Waals surface area contributed by atoms with Crippen molar-refractivity contribution in [1.29, 1.82) is 0 Å². The molecule has 3 heterocycles. The lowest BCUT2D eigenvalue weighted by atomic mass is 9.85. The van der Waals surface area contributed by atoms with Crippen molar-refractivity contribution in [2.75, 3.05) is 12.4 Å². The van der Waals surface area contributed by atoms with Crippen LogP contribution in [0.5, 0.6) is 11.5 Å². The predicted molar refractivity (Wildman–Crippen MR) is 132 cm³/mol. The molecule has 0 saturated heterocycles. The number of fused-ring (bicyclic) bond motifs is 2. The van der Waals surface area contributed by atoms with Crippen LogP contribution in [0.15, 0.2) is 42.5 Å². The Hall–Kier alpha value is -3.39. The van der Waals surface area contributed by atoms with Crippen molar-refractivity contribution in [1.82, 2.24) is 14.8 Å². The predicted octanol–water partition coefficient (Wildman–Crippen LogP) is 5.59. The maximum absolute atomic E-state index is 12.9. The van der Waals surface area contributed by atoms with Crippen LogP contribution in [0, 0.1) is 6.92 Å². The molecule has 2 aliphatic rings. The number of methoxy groups -OCH3 is 1. The Morgan fingerprint density at radius 1 is 1.12 bits per heavy atom.